The summed E-state index contributed by atoms with van der Waals surface area (Å²) in [7, 11) is 0. The number of morpholine rings is 1. The molecule has 1 aliphatic rings. The molecule has 3 rings (SSSR count). The third-order valence-electron chi connectivity index (χ3n) is 5.01. The Hall–Kier alpha value is -1.86. The van der Waals surface area contributed by atoms with Gasteiger partial charge in [0.25, 0.3) is 0 Å². The fraction of sp³-hybridized carbons (Fsp3) is 0.545. The molecule has 1 aliphatic heterocycles. The number of benzene rings is 1. The summed E-state index contributed by atoms with van der Waals surface area (Å²) in [6.45, 7) is 10.8. The number of furan rings is 1. The molecule has 0 aliphatic carbocycles. The number of ether oxygens (including phenoxy) is 2. The third-order valence-corrected chi connectivity index (χ3v) is 5.01. The van der Waals surface area contributed by atoms with E-state index in [1.165, 1.54) is 0 Å². The highest BCUT2D eigenvalue weighted by Crippen LogP contribution is 2.17. The minimum absolute atomic E-state index is 0.274. The van der Waals surface area contributed by atoms with Crippen molar-refractivity contribution in [3.63, 3.8) is 0 Å². The van der Waals surface area contributed by atoms with Crippen LogP contribution in [0.25, 0.3) is 0 Å². The van der Waals surface area contributed by atoms with Gasteiger partial charge in [0.1, 0.15) is 30.0 Å². The third kappa shape index (κ3) is 6.63. The Bertz CT molecular complexity index is 712. The molecule has 2 aromatic rings. The van der Waals surface area contributed by atoms with Gasteiger partial charge in [-0.3, -0.25) is 9.80 Å². The molecule has 0 spiro atoms. The molecule has 28 heavy (non-hydrogen) atoms. The average Bonchev–Trinajstić information content (AvgIpc) is 3.11. The van der Waals surface area contributed by atoms with Gasteiger partial charge in [-0.2, -0.15) is 0 Å². The van der Waals surface area contributed by atoms with Crippen LogP contribution >= 0.6 is 0 Å². The van der Waals surface area contributed by atoms with Crippen LogP contribution in [0.5, 0.6) is 5.75 Å². The van der Waals surface area contributed by atoms with E-state index < -0.39 is 6.10 Å². The molecule has 0 radical (unpaired) electrons. The normalized spacial score (nSPS) is 16.4. The molecule has 1 fully saturated rings. The molecular formula is C22H32N2O4. The number of rotatable bonds is 10. The van der Waals surface area contributed by atoms with Crippen molar-refractivity contribution in [3.8, 4) is 5.75 Å². The summed E-state index contributed by atoms with van der Waals surface area (Å²) in [5, 5.41) is 10.6. The molecular weight excluding hydrogens is 356 g/mol. The van der Waals surface area contributed by atoms with Crippen molar-refractivity contribution < 1.29 is 19.0 Å². The maximum Gasteiger partial charge on any atom is 0.122 e. The van der Waals surface area contributed by atoms with Gasteiger partial charge in [0.15, 0.2) is 0 Å². The molecule has 0 unspecified atom stereocenters. The first-order valence-corrected chi connectivity index (χ1v) is 10.0. The van der Waals surface area contributed by atoms with Crippen LogP contribution in [0.2, 0.25) is 0 Å². The minimum atomic E-state index is -0.569. The van der Waals surface area contributed by atoms with Gasteiger partial charge < -0.3 is 19.0 Å². The number of aryl methyl sites for hydroxylation is 2. The Balaban J connectivity index is 1.52. The topological polar surface area (TPSA) is 58.3 Å². The van der Waals surface area contributed by atoms with Crippen LogP contribution in [0.15, 0.2) is 40.8 Å². The molecule has 1 saturated heterocycles. The van der Waals surface area contributed by atoms with Crippen molar-refractivity contribution in [3.05, 3.63) is 53.5 Å². The molecule has 6 heteroatoms. The second-order valence-electron chi connectivity index (χ2n) is 7.43. The molecule has 154 valence electrons. The van der Waals surface area contributed by atoms with E-state index in [4.69, 9.17) is 13.9 Å². The van der Waals surface area contributed by atoms with Gasteiger partial charge in [-0.1, -0.05) is 18.2 Å². The number of hydrogen-bond donors (Lipinski definition) is 1. The number of hydrogen-bond acceptors (Lipinski definition) is 6. The van der Waals surface area contributed by atoms with E-state index in [1.54, 1.807) is 0 Å². The Kier molecular flexibility index (Phi) is 7.91. The van der Waals surface area contributed by atoms with Crippen LogP contribution in [0.4, 0.5) is 0 Å². The first kappa shape index (κ1) is 20.9. The lowest BCUT2D eigenvalue weighted by Gasteiger charge is -2.30. The summed E-state index contributed by atoms with van der Waals surface area (Å²) in [6, 6.07) is 11.9. The van der Waals surface area contributed by atoms with Crippen molar-refractivity contribution in [2.75, 3.05) is 52.5 Å². The minimum Gasteiger partial charge on any atom is -0.491 e. The molecule has 0 amide bonds. The van der Waals surface area contributed by atoms with Crippen LogP contribution in [0, 0.1) is 13.8 Å². The summed E-state index contributed by atoms with van der Waals surface area (Å²) in [5.74, 6) is 2.65. The van der Waals surface area contributed by atoms with E-state index >= 15 is 0 Å². The zero-order valence-electron chi connectivity index (χ0n) is 17.0. The smallest absolute Gasteiger partial charge is 0.122 e. The lowest BCUT2D eigenvalue weighted by Crippen LogP contribution is -2.43. The average molecular weight is 389 g/mol. The molecule has 1 N–H and O–H groups in total. The van der Waals surface area contributed by atoms with Gasteiger partial charge in [0.05, 0.1) is 19.8 Å². The number of aliphatic hydroxyl groups excluding tert-OH is 1. The standard InChI is InChI=1S/C22H32N2O4/c1-18-5-3-4-6-22(18)27-17-20(25)15-24(16-21-8-7-19(2)28-21)10-9-23-11-13-26-14-12-23/h3-8,20,25H,9-17H2,1-2H3/t20-/m1/s1. The van der Waals surface area contributed by atoms with Crippen molar-refractivity contribution in [1.29, 1.82) is 0 Å². The predicted octanol–water partition coefficient (Wildman–Crippen LogP) is 2.47. The number of aliphatic hydroxyl groups is 1. The van der Waals surface area contributed by atoms with E-state index in [0.29, 0.717) is 13.1 Å². The molecule has 2 heterocycles. The molecule has 0 saturated carbocycles. The van der Waals surface area contributed by atoms with E-state index in [1.807, 2.05) is 50.2 Å². The zero-order chi connectivity index (χ0) is 19.8. The van der Waals surface area contributed by atoms with E-state index in [0.717, 1.165) is 62.2 Å². The second-order valence-corrected chi connectivity index (χ2v) is 7.43. The van der Waals surface area contributed by atoms with Crippen LogP contribution in [-0.2, 0) is 11.3 Å². The highest BCUT2D eigenvalue weighted by molar-refractivity contribution is 5.31. The second kappa shape index (κ2) is 10.6. The monoisotopic (exact) mass is 388 g/mol. The molecule has 1 aromatic carbocycles. The lowest BCUT2D eigenvalue weighted by atomic mass is 10.2. The van der Waals surface area contributed by atoms with Crippen LogP contribution in [-0.4, -0.2) is 73.6 Å². The lowest BCUT2D eigenvalue weighted by molar-refractivity contribution is 0.0246. The summed E-state index contributed by atoms with van der Waals surface area (Å²) in [4.78, 5) is 4.64. The Morgan fingerprint density at radius 3 is 2.64 bits per heavy atom. The van der Waals surface area contributed by atoms with Crippen LogP contribution in [0.1, 0.15) is 17.1 Å². The summed E-state index contributed by atoms with van der Waals surface area (Å²) in [5.41, 5.74) is 1.07. The number of nitrogens with zero attached hydrogens (tertiary/aromatic N) is 2. The maximum absolute atomic E-state index is 10.6. The van der Waals surface area contributed by atoms with E-state index in [9.17, 15) is 5.11 Å². The van der Waals surface area contributed by atoms with Crippen molar-refractivity contribution >= 4 is 0 Å². The van der Waals surface area contributed by atoms with Crippen molar-refractivity contribution in [1.82, 2.24) is 9.80 Å². The van der Waals surface area contributed by atoms with Gasteiger partial charge >= 0.3 is 0 Å². The zero-order valence-corrected chi connectivity index (χ0v) is 17.0. The van der Waals surface area contributed by atoms with Crippen molar-refractivity contribution in [2.24, 2.45) is 0 Å². The first-order valence-electron chi connectivity index (χ1n) is 10.0. The van der Waals surface area contributed by atoms with Gasteiger partial charge in [-0.15, -0.1) is 0 Å². The quantitative estimate of drug-likeness (QED) is 0.675. The Morgan fingerprint density at radius 1 is 1.14 bits per heavy atom. The van der Waals surface area contributed by atoms with Crippen molar-refractivity contribution in [2.45, 2.75) is 26.5 Å². The van der Waals surface area contributed by atoms with Crippen LogP contribution < -0.4 is 4.74 Å². The number of para-hydroxylation sites is 1. The summed E-state index contributed by atoms with van der Waals surface area (Å²) < 4.78 is 17.0. The fourth-order valence-corrected chi connectivity index (χ4v) is 3.39. The largest absolute Gasteiger partial charge is 0.491 e. The highest BCUT2D eigenvalue weighted by Gasteiger charge is 2.17. The Labute approximate surface area is 167 Å². The fourth-order valence-electron chi connectivity index (χ4n) is 3.39. The van der Waals surface area contributed by atoms with Gasteiger partial charge in [0, 0.05) is 32.7 Å². The molecule has 6 nitrogen and oxygen atoms in total. The van der Waals surface area contributed by atoms with Gasteiger partial charge in [0.2, 0.25) is 0 Å². The maximum atomic E-state index is 10.6. The van der Waals surface area contributed by atoms with E-state index in [-0.39, 0.29) is 6.61 Å². The SMILES string of the molecule is Cc1ccc(CN(CCN2CCOCC2)C[C@@H](O)COc2ccccc2C)o1. The summed E-state index contributed by atoms with van der Waals surface area (Å²) >= 11 is 0. The van der Waals surface area contributed by atoms with Crippen LogP contribution in [0.3, 0.4) is 0 Å². The molecule has 0 bridgehead atoms. The molecule has 1 aromatic heterocycles. The van der Waals surface area contributed by atoms with Gasteiger partial charge in [-0.05, 0) is 37.6 Å². The van der Waals surface area contributed by atoms with E-state index in [2.05, 4.69) is 9.80 Å². The summed E-state index contributed by atoms with van der Waals surface area (Å²) in [6.07, 6.45) is -0.569. The predicted molar refractivity (Wildman–Crippen MR) is 109 cm³/mol. The van der Waals surface area contributed by atoms with Gasteiger partial charge in [-0.25, -0.2) is 0 Å². The Morgan fingerprint density at radius 2 is 1.93 bits per heavy atom. The molecule has 1 atom stereocenters. The first-order chi connectivity index (χ1) is 13.6. The highest BCUT2D eigenvalue weighted by atomic mass is 16.5.